The topological polar surface area (TPSA) is 9.23 Å². The molecule has 0 heterocycles. The largest absolute Gasteiger partial charge is 0.432 e. The van der Waals surface area contributed by atoms with Crippen molar-refractivity contribution in [3.05, 3.63) is 111 Å². The van der Waals surface area contributed by atoms with Crippen molar-refractivity contribution in [2.24, 2.45) is 0 Å². The van der Waals surface area contributed by atoms with Crippen LogP contribution in [0.15, 0.2) is 54.6 Å². The molecule has 0 saturated heterocycles. The van der Waals surface area contributed by atoms with Gasteiger partial charge in [-0.05, 0) is 59.9 Å². The average Bonchev–Trinajstić information content (AvgIpc) is 2.84. The van der Waals surface area contributed by atoms with Crippen molar-refractivity contribution in [1.29, 1.82) is 0 Å². The molecular weight excluding hydrogens is 571 g/mol. The van der Waals surface area contributed by atoms with Crippen LogP contribution in [0.3, 0.4) is 0 Å². The zero-order chi connectivity index (χ0) is 29.4. The van der Waals surface area contributed by atoms with E-state index in [2.05, 4.69) is 4.74 Å². The van der Waals surface area contributed by atoms with Crippen LogP contribution >= 0.6 is 11.6 Å². The number of unbranched alkanes of at least 4 members (excludes halogenated alkanes) is 1. The maximum absolute atomic E-state index is 15.0. The first-order chi connectivity index (χ1) is 18.8. The van der Waals surface area contributed by atoms with Crippen molar-refractivity contribution in [1.82, 2.24) is 0 Å². The van der Waals surface area contributed by atoms with E-state index >= 15 is 0 Å². The molecule has 0 N–H and O–H groups in total. The molecule has 0 aliphatic rings. The number of ether oxygens (including phenoxy) is 1. The summed E-state index contributed by atoms with van der Waals surface area (Å²) in [6.07, 6.45) is -2.49. The van der Waals surface area contributed by atoms with Gasteiger partial charge in [0.25, 0.3) is 0 Å². The Morgan fingerprint density at radius 2 is 1.23 bits per heavy atom. The first-order valence-corrected chi connectivity index (χ1v) is 12.2. The number of benzene rings is 4. The lowest BCUT2D eigenvalue weighted by Crippen LogP contribution is -2.25. The molecule has 210 valence electrons. The van der Waals surface area contributed by atoms with Crippen LogP contribution in [0.1, 0.15) is 30.9 Å². The molecule has 0 radical (unpaired) electrons. The van der Waals surface area contributed by atoms with Crippen molar-refractivity contribution in [2.75, 3.05) is 0 Å². The summed E-state index contributed by atoms with van der Waals surface area (Å²) in [6, 6.07) is 6.72. The highest BCUT2D eigenvalue weighted by atomic mass is 35.5. The van der Waals surface area contributed by atoms with Gasteiger partial charge in [-0.1, -0.05) is 37.1 Å². The predicted molar refractivity (Wildman–Crippen MR) is 132 cm³/mol. The lowest BCUT2D eigenvalue weighted by Gasteiger charge is -2.20. The van der Waals surface area contributed by atoms with Gasteiger partial charge >= 0.3 is 6.11 Å². The maximum atomic E-state index is 15.0. The van der Waals surface area contributed by atoms with E-state index in [1.807, 2.05) is 6.92 Å². The molecule has 0 amide bonds. The van der Waals surface area contributed by atoms with E-state index in [-0.39, 0.29) is 35.4 Å². The molecule has 0 spiro atoms. The van der Waals surface area contributed by atoms with Crippen molar-refractivity contribution in [3.8, 4) is 28.0 Å². The average molecular weight is 589 g/mol. The Hall–Kier alpha value is -3.66. The predicted octanol–water partition coefficient (Wildman–Crippen LogP) is 10.1. The third kappa shape index (κ3) is 5.91. The standard InChI is InChI=1S/C29H18ClF9O/c1-2-3-4-14-5-6-18(19(31)7-14)15-8-20(32)26(21(33)9-15)16-10-22(34)27(23(35)11-16)29(38,39)40-17-12-24(36)28(30)25(37)13-17/h5-13H,2-4H2,1H3. The van der Waals surface area contributed by atoms with Crippen LogP contribution in [-0.4, -0.2) is 0 Å². The van der Waals surface area contributed by atoms with E-state index in [0.29, 0.717) is 12.0 Å². The number of hydrogen-bond donors (Lipinski definition) is 0. The molecule has 1 nitrogen and oxygen atoms in total. The molecule has 0 saturated carbocycles. The highest BCUT2D eigenvalue weighted by Crippen LogP contribution is 2.39. The van der Waals surface area contributed by atoms with Gasteiger partial charge in [-0.3, -0.25) is 0 Å². The van der Waals surface area contributed by atoms with Crippen LogP contribution in [-0.2, 0) is 12.5 Å². The summed E-state index contributed by atoms with van der Waals surface area (Å²) in [5.41, 5.74) is -3.34. The minimum atomic E-state index is -4.80. The van der Waals surface area contributed by atoms with Gasteiger partial charge < -0.3 is 4.74 Å². The molecule has 0 aliphatic carbocycles. The summed E-state index contributed by atoms with van der Waals surface area (Å²) >= 11 is 5.27. The Kier molecular flexibility index (Phi) is 8.39. The van der Waals surface area contributed by atoms with Crippen LogP contribution in [0.25, 0.3) is 22.3 Å². The number of rotatable bonds is 8. The first kappa shape index (κ1) is 29.3. The lowest BCUT2D eigenvalue weighted by atomic mass is 9.96. The monoisotopic (exact) mass is 588 g/mol. The zero-order valence-electron chi connectivity index (χ0n) is 20.5. The summed E-state index contributed by atoms with van der Waals surface area (Å²) in [6.45, 7) is 1.97. The summed E-state index contributed by atoms with van der Waals surface area (Å²) in [7, 11) is 0. The second-order valence-electron chi connectivity index (χ2n) is 8.87. The molecule has 11 heteroatoms. The van der Waals surface area contributed by atoms with Gasteiger partial charge in [-0.25, -0.2) is 30.7 Å². The summed E-state index contributed by atoms with van der Waals surface area (Å²) < 4.78 is 135. The number of alkyl halides is 2. The Labute approximate surface area is 227 Å². The SMILES string of the molecule is CCCCc1ccc(-c2cc(F)c(-c3cc(F)c(C(F)(F)Oc4cc(F)c(Cl)c(F)c4)c(F)c3)c(F)c2)c(F)c1. The molecule has 0 atom stereocenters. The molecule has 0 unspecified atom stereocenters. The van der Waals surface area contributed by atoms with E-state index in [1.54, 1.807) is 6.07 Å². The van der Waals surface area contributed by atoms with Crippen LogP contribution < -0.4 is 4.74 Å². The molecule has 4 aromatic carbocycles. The van der Waals surface area contributed by atoms with Crippen LogP contribution in [0.2, 0.25) is 5.02 Å². The van der Waals surface area contributed by atoms with Gasteiger partial charge in [0.2, 0.25) is 0 Å². The molecule has 4 aromatic rings. The van der Waals surface area contributed by atoms with E-state index in [9.17, 15) is 39.5 Å². The van der Waals surface area contributed by atoms with Gasteiger partial charge in [0, 0.05) is 17.7 Å². The second kappa shape index (κ2) is 11.4. The summed E-state index contributed by atoms with van der Waals surface area (Å²) in [4.78, 5) is 0. The molecule has 0 aromatic heterocycles. The molecule has 40 heavy (non-hydrogen) atoms. The molecule has 4 rings (SSSR count). The van der Waals surface area contributed by atoms with Crippen molar-refractivity contribution in [2.45, 2.75) is 32.3 Å². The van der Waals surface area contributed by atoms with E-state index in [0.717, 1.165) is 25.0 Å². The van der Waals surface area contributed by atoms with E-state index in [4.69, 9.17) is 11.6 Å². The van der Waals surface area contributed by atoms with Crippen LogP contribution in [0, 0.1) is 40.7 Å². The normalized spacial score (nSPS) is 11.7. The van der Waals surface area contributed by atoms with E-state index in [1.165, 1.54) is 12.1 Å². The van der Waals surface area contributed by atoms with Gasteiger partial charge in [-0.15, -0.1) is 0 Å². The first-order valence-electron chi connectivity index (χ1n) is 11.8. The fourth-order valence-corrected chi connectivity index (χ4v) is 4.23. The third-order valence-corrected chi connectivity index (χ3v) is 6.39. The fraction of sp³-hybridized carbons (Fsp3) is 0.172. The minimum absolute atomic E-state index is 0.121. The quantitative estimate of drug-likeness (QED) is 0.147. The van der Waals surface area contributed by atoms with Gasteiger partial charge in [-0.2, -0.15) is 8.78 Å². The van der Waals surface area contributed by atoms with Gasteiger partial charge in [0.05, 0.1) is 5.56 Å². The number of aryl methyl sites for hydroxylation is 1. The smallest absolute Gasteiger partial charge is 0.429 e. The highest BCUT2D eigenvalue weighted by molar-refractivity contribution is 6.30. The van der Waals surface area contributed by atoms with Crippen molar-refractivity contribution in [3.63, 3.8) is 0 Å². The highest BCUT2D eigenvalue weighted by Gasteiger charge is 2.41. The Morgan fingerprint density at radius 3 is 1.75 bits per heavy atom. The second-order valence-corrected chi connectivity index (χ2v) is 9.25. The zero-order valence-corrected chi connectivity index (χ0v) is 21.3. The third-order valence-electron chi connectivity index (χ3n) is 6.03. The van der Waals surface area contributed by atoms with Crippen molar-refractivity contribution >= 4 is 11.6 Å². The fourth-order valence-electron chi connectivity index (χ4n) is 4.12. The molecule has 0 fully saturated rings. The van der Waals surface area contributed by atoms with Crippen LogP contribution in [0.4, 0.5) is 39.5 Å². The Morgan fingerprint density at radius 1 is 0.675 bits per heavy atom. The Bertz CT molecular complexity index is 1520. The number of hydrogen-bond acceptors (Lipinski definition) is 1. The molecule has 0 aliphatic heterocycles. The summed E-state index contributed by atoms with van der Waals surface area (Å²) in [5, 5.41) is -1.01. The maximum Gasteiger partial charge on any atom is 0.432 e. The molecular formula is C29H18ClF9O. The lowest BCUT2D eigenvalue weighted by molar-refractivity contribution is -0.189. The van der Waals surface area contributed by atoms with Gasteiger partial charge in [0.1, 0.15) is 57.1 Å². The van der Waals surface area contributed by atoms with Crippen molar-refractivity contribution < 1.29 is 44.3 Å². The minimum Gasteiger partial charge on any atom is -0.429 e. The van der Waals surface area contributed by atoms with Gasteiger partial charge in [0.15, 0.2) is 0 Å². The Balaban J connectivity index is 1.68. The summed E-state index contributed by atoms with van der Waals surface area (Å²) in [5.74, 6) is -11.4. The van der Waals surface area contributed by atoms with E-state index < -0.39 is 74.3 Å². The molecule has 0 bridgehead atoms. The van der Waals surface area contributed by atoms with Crippen LogP contribution in [0.5, 0.6) is 5.75 Å². The number of halogens is 10.